The number of fused-ring (bicyclic) bond motifs is 1. The van der Waals surface area contributed by atoms with Gasteiger partial charge >= 0.3 is 0 Å². The van der Waals surface area contributed by atoms with E-state index in [1.165, 1.54) is 25.1 Å². The molecular formula is C11H21NS. The molecule has 1 N–H and O–H groups in total. The second-order valence-corrected chi connectivity index (χ2v) is 6.66. The SMILES string of the molecule is CC1CNC2C(CCC2(C)C)SC1. The van der Waals surface area contributed by atoms with E-state index in [0.717, 1.165) is 17.2 Å². The smallest absolute Gasteiger partial charge is 0.0237 e. The fourth-order valence-corrected chi connectivity index (χ4v) is 4.24. The summed E-state index contributed by atoms with van der Waals surface area (Å²) in [5.74, 6) is 2.20. The summed E-state index contributed by atoms with van der Waals surface area (Å²) in [6, 6.07) is 0.766. The van der Waals surface area contributed by atoms with E-state index in [-0.39, 0.29) is 0 Å². The van der Waals surface area contributed by atoms with Crippen molar-refractivity contribution in [2.24, 2.45) is 11.3 Å². The third-order valence-electron chi connectivity index (χ3n) is 3.57. The zero-order chi connectivity index (χ0) is 9.47. The highest BCUT2D eigenvalue weighted by Gasteiger charge is 2.42. The Morgan fingerprint density at radius 3 is 2.92 bits per heavy atom. The van der Waals surface area contributed by atoms with E-state index in [0.29, 0.717) is 5.41 Å². The lowest BCUT2D eigenvalue weighted by Gasteiger charge is -2.30. The maximum absolute atomic E-state index is 3.76. The van der Waals surface area contributed by atoms with Crippen LogP contribution in [0, 0.1) is 11.3 Å². The van der Waals surface area contributed by atoms with Gasteiger partial charge in [0.1, 0.15) is 0 Å². The van der Waals surface area contributed by atoms with Gasteiger partial charge in [0.05, 0.1) is 0 Å². The number of rotatable bonds is 0. The first-order chi connectivity index (χ1) is 6.09. The van der Waals surface area contributed by atoms with Gasteiger partial charge in [0.2, 0.25) is 0 Å². The summed E-state index contributed by atoms with van der Waals surface area (Å²) in [6.07, 6.45) is 2.82. The zero-order valence-electron chi connectivity index (χ0n) is 8.97. The molecule has 1 nitrogen and oxygen atoms in total. The van der Waals surface area contributed by atoms with Crippen LogP contribution in [0.15, 0.2) is 0 Å². The standard InChI is InChI=1S/C11H21NS/c1-8-6-12-10-9(13-7-8)4-5-11(10,2)3/h8-10,12H,4-7H2,1-3H3. The molecule has 3 unspecified atom stereocenters. The molecule has 0 spiro atoms. The molecule has 2 rings (SSSR count). The van der Waals surface area contributed by atoms with Crippen molar-refractivity contribution < 1.29 is 0 Å². The highest BCUT2D eigenvalue weighted by molar-refractivity contribution is 8.00. The molecule has 2 fully saturated rings. The molecule has 0 aromatic heterocycles. The number of thioether (sulfide) groups is 1. The van der Waals surface area contributed by atoms with Gasteiger partial charge in [-0.3, -0.25) is 0 Å². The fraction of sp³-hybridized carbons (Fsp3) is 1.00. The molecule has 2 heteroatoms. The predicted octanol–water partition coefficient (Wildman–Crippen LogP) is 2.52. The lowest BCUT2D eigenvalue weighted by molar-refractivity contribution is 0.282. The van der Waals surface area contributed by atoms with Crippen LogP contribution in [-0.4, -0.2) is 23.6 Å². The Balaban J connectivity index is 2.07. The van der Waals surface area contributed by atoms with Crippen molar-refractivity contribution in [2.45, 2.75) is 44.9 Å². The second kappa shape index (κ2) is 3.47. The van der Waals surface area contributed by atoms with Gasteiger partial charge in [-0.15, -0.1) is 0 Å². The van der Waals surface area contributed by atoms with E-state index in [2.05, 4.69) is 37.8 Å². The van der Waals surface area contributed by atoms with Crippen molar-refractivity contribution in [2.75, 3.05) is 12.3 Å². The van der Waals surface area contributed by atoms with E-state index >= 15 is 0 Å². The normalized spacial score (nSPS) is 44.1. The van der Waals surface area contributed by atoms with Crippen molar-refractivity contribution in [3.05, 3.63) is 0 Å². The molecule has 1 aliphatic heterocycles. The molecule has 0 amide bonds. The monoisotopic (exact) mass is 199 g/mol. The third kappa shape index (κ3) is 1.89. The Labute approximate surface area is 86.0 Å². The molecule has 0 aromatic carbocycles. The van der Waals surface area contributed by atoms with Crippen LogP contribution in [0.5, 0.6) is 0 Å². The number of nitrogens with one attached hydrogen (secondary N) is 1. The van der Waals surface area contributed by atoms with E-state index < -0.39 is 0 Å². The van der Waals surface area contributed by atoms with Crippen molar-refractivity contribution in [1.82, 2.24) is 5.32 Å². The quantitative estimate of drug-likeness (QED) is 0.643. The fourth-order valence-electron chi connectivity index (χ4n) is 2.60. The van der Waals surface area contributed by atoms with Crippen LogP contribution < -0.4 is 5.32 Å². The van der Waals surface area contributed by atoms with Crippen LogP contribution in [0.2, 0.25) is 0 Å². The minimum Gasteiger partial charge on any atom is -0.312 e. The van der Waals surface area contributed by atoms with Gasteiger partial charge < -0.3 is 5.32 Å². The molecule has 1 heterocycles. The minimum absolute atomic E-state index is 0.529. The molecule has 1 saturated heterocycles. The first-order valence-electron chi connectivity index (χ1n) is 5.44. The van der Waals surface area contributed by atoms with Gasteiger partial charge in [0.15, 0.2) is 0 Å². The van der Waals surface area contributed by atoms with Gasteiger partial charge in [0.25, 0.3) is 0 Å². The number of hydrogen-bond donors (Lipinski definition) is 1. The Morgan fingerprint density at radius 1 is 1.38 bits per heavy atom. The van der Waals surface area contributed by atoms with Crippen LogP contribution in [0.1, 0.15) is 33.6 Å². The minimum atomic E-state index is 0.529. The highest BCUT2D eigenvalue weighted by Crippen LogP contribution is 2.44. The molecule has 1 saturated carbocycles. The average Bonchev–Trinajstić information content (AvgIpc) is 2.24. The third-order valence-corrected chi connectivity index (χ3v) is 5.27. The Morgan fingerprint density at radius 2 is 2.15 bits per heavy atom. The molecule has 13 heavy (non-hydrogen) atoms. The summed E-state index contributed by atoms with van der Waals surface area (Å²) in [5, 5.41) is 4.65. The summed E-state index contributed by atoms with van der Waals surface area (Å²) in [7, 11) is 0. The molecule has 0 aromatic rings. The maximum Gasteiger partial charge on any atom is 0.0237 e. The van der Waals surface area contributed by atoms with Crippen LogP contribution in [0.4, 0.5) is 0 Å². The summed E-state index contributed by atoms with van der Waals surface area (Å²) in [4.78, 5) is 0. The molecule has 3 atom stereocenters. The van der Waals surface area contributed by atoms with E-state index in [1.54, 1.807) is 0 Å². The van der Waals surface area contributed by atoms with Gasteiger partial charge in [-0.2, -0.15) is 11.8 Å². The van der Waals surface area contributed by atoms with Crippen molar-refractivity contribution in [1.29, 1.82) is 0 Å². The van der Waals surface area contributed by atoms with Crippen LogP contribution in [-0.2, 0) is 0 Å². The first kappa shape index (κ1) is 9.85. The van der Waals surface area contributed by atoms with E-state index in [9.17, 15) is 0 Å². The van der Waals surface area contributed by atoms with E-state index in [4.69, 9.17) is 0 Å². The highest BCUT2D eigenvalue weighted by atomic mass is 32.2. The summed E-state index contributed by atoms with van der Waals surface area (Å²) >= 11 is 2.20. The molecular weight excluding hydrogens is 178 g/mol. The zero-order valence-corrected chi connectivity index (χ0v) is 9.79. The van der Waals surface area contributed by atoms with Crippen molar-refractivity contribution in [3.63, 3.8) is 0 Å². The molecule has 1 aliphatic carbocycles. The molecule has 0 radical (unpaired) electrons. The number of hydrogen-bond acceptors (Lipinski definition) is 2. The van der Waals surface area contributed by atoms with Crippen molar-refractivity contribution >= 4 is 11.8 Å². The van der Waals surface area contributed by atoms with Gasteiger partial charge in [-0.1, -0.05) is 20.8 Å². The average molecular weight is 199 g/mol. The largest absolute Gasteiger partial charge is 0.312 e. The predicted molar refractivity (Wildman–Crippen MR) is 60.2 cm³/mol. The van der Waals surface area contributed by atoms with Gasteiger partial charge in [0, 0.05) is 11.3 Å². The topological polar surface area (TPSA) is 12.0 Å². The Kier molecular flexibility index (Phi) is 2.63. The molecule has 0 bridgehead atoms. The van der Waals surface area contributed by atoms with Crippen molar-refractivity contribution in [3.8, 4) is 0 Å². The van der Waals surface area contributed by atoms with Gasteiger partial charge in [-0.25, -0.2) is 0 Å². The summed E-state index contributed by atoms with van der Waals surface area (Å²) in [5.41, 5.74) is 0.529. The summed E-state index contributed by atoms with van der Waals surface area (Å²) < 4.78 is 0. The van der Waals surface area contributed by atoms with Crippen LogP contribution in [0.3, 0.4) is 0 Å². The summed E-state index contributed by atoms with van der Waals surface area (Å²) in [6.45, 7) is 8.41. The van der Waals surface area contributed by atoms with E-state index in [1.807, 2.05) is 0 Å². The molecule has 76 valence electrons. The Bertz CT molecular complexity index is 191. The Hall–Kier alpha value is 0.310. The van der Waals surface area contributed by atoms with Crippen LogP contribution >= 0.6 is 11.8 Å². The van der Waals surface area contributed by atoms with Crippen LogP contribution in [0.25, 0.3) is 0 Å². The first-order valence-corrected chi connectivity index (χ1v) is 6.49. The molecule has 2 aliphatic rings. The second-order valence-electron chi connectivity index (χ2n) is 5.39. The van der Waals surface area contributed by atoms with Gasteiger partial charge in [-0.05, 0) is 36.5 Å². The lowest BCUT2D eigenvalue weighted by atomic mass is 9.87. The lowest BCUT2D eigenvalue weighted by Crippen LogP contribution is -2.43. The maximum atomic E-state index is 3.76.